The van der Waals surface area contributed by atoms with E-state index in [0.29, 0.717) is 11.8 Å². The van der Waals surface area contributed by atoms with E-state index in [0.717, 1.165) is 25.5 Å². The van der Waals surface area contributed by atoms with Crippen LogP contribution in [-0.2, 0) is 10.0 Å². The number of carbonyl (C=O) groups excluding carboxylic acids is 1. The minimum Gasteiger partial charge on any atom is -0.368 e. The van der Waals surface area contributed by atoms with Gasteiger partial charge in [0.2, 0.25) is 5.95 Å². The number of aromatic nitrogens is 2. The monoisotopic (exact) mass is 368 g/mol. The third kappa shape index (κ3) is 3.94. The average Bonchev–Trinajstić information content (AvgIpc) is 3.07. The number of rotatable bonds is 5. The first-order valence-corrected chi connectivity index (χ1v) is 9.95. The number of sulfonamides is 1. The van der Waals surface area contributed by atoms with Gasteiger partial charge in [0, 0.05) is 12.1 Å². The summed E-state index contributed by atoms with van der Waals surface area (Å²) in [5.74, 6) is 1.34. The van der Waals surface area contributed by atoms with Crippen LogP contribution in [0.3, 0.4) is 0 Å². The van der Waals surface area contributed by atoms with E-state index in [-0.39, 0.29) is 28.7 Å². The zero-order valence-corrected chi connectivity index (χ0v) is 15.1. The predicted octanol–water partition coefficient (Wildman–Crippen LogP) is 1.06. The van der Waals surface area contributed by atoms with Crippen molar-refractivity contribution in [2.75, 3.05) is 11.1 Å². The highest BCUT2D eigenvalue weighted by atomic mass is 32.2. The quantitative estimate of drug-likeness (QED) is 0.609. The van der Waals surface area contributed by atoms with Gasteiger partial charge in [-0.05, 0) is 44.9 Å². The molecule has 1 heterocycles. The van der Waals surface area contributed by atoms with Crippen LogP contribution in [0, 0.1) is 11.8 Å². The molecule has 2 aliphatic carbocycles. The van der Waals surface area contributed by atoms with E-state index in [1.165, 1.54) is 6.42 Å². The topological polar surface area (TPSA) is 139 Å². The highest BCUT2D eigenvalue weighted by molar-refractivity contribution is 7.90. The lowest BCUT2D eigenvalue weighted by Crippen LogP contribution is -2.42. The minimum atomic E-state index is -4.11. The summed E-state index contributed by atoms with van der Waals surface area (Å²) < 4.78 is 27.1. The number of nitrogens with zero attached hydrogens (tertiary/aromatic N) is 2. The van der Waals surface area contributed by atoms with E-state index in [1.807, 2.05) is 4.72 Å². The van der Waals surface area contributed by atoms with Gasteiger partial charge in [-0.2, -0.15) is 4.98 Å². The Morgan fingerprint density at radius 1 is 1.32 bits per heavy atom. The lowest BCUT2D eigenvalue weighted by Gasteiger charge is -2.24. The van der Waals surface area contributed by atoms with Crippen molar-refractivity contribution in [2.24, 2.45) is 11.8 Å². The van der Waals surface area contributed by atoms with Gasteiger partial charge in [-0.3, -0.25) is 0 Å². The van der Waals surface area contributed by atoms with Gasteiger partial charge in [-0.15, -0.1) is 0 Å². The van der Waals surface area contributed by atoms with Gasteiger partial charge >= 0.3 is 6.03 Å². The van der Waals surface area contributed by atoms with Gasteiger partial charge in [0.1, 0.15) is 4.90 Å². The minimum absolute atomic E-state index is 0.0174. The van der Waals surface area contributed by atoms with Crippen molar-refractivity contribution in [1.29, 1.82) is 0 Å². The fourth-order valence-corrected chi connectivity index (χ4v) is 4.71. The van der Waals surface area contributed by atoms with Gasteiger partial charge in [0.25, 0.3) is 10.0 Å². The maximum absolute atomic E-state index is 12.6. The van der Waals surface area contributed by atoms with Gasteiger partial charge in [0.15, 0.2) is 5.82 Å². The number of anilines is 2. The number of fused-ring (bicyclic) bond motifs is 2. The SMILES string of the molecule is CC(C)NC(=O)NS(=O)(=O)c1cnc(N)nc1N[C@H]1C[C@@H]2CC[C@@H]1C2. The summed E-state index contributed by atoms with van der Waals surface area (Å²) in [7, 11) is -4.11. The maximum Gasteiger partial charge on any atom is 0.328 e. The fourth-order valence-electron chi connectivity index (χ4n) is 3.75. The summed E-state index contributed by atoms with van der Waals surface area (Å²) in [6, 6.07) is -0.811. The molecule has 0 saturated heterocycles. The van der Waals surface area contributed by atoms with Crippen LogP contribution in [0.2, 0.25) is 0 Å². The molecule has 0 unspecified atom stereocenters. The summed E-state index contributed by atoms with van der Waals surface area (Å²) in [5, 5.41) is 5.70. The zero-order chi connectivity index (χ0) is 18.2. The van der Waals surface area contributed by atoms with Crippen molar-refractivity contribution in [1.82, 2.24) is 20.0 Å². The molecule has 138 valence electrons. The predicted molar refractivity (Wildman–Crippen MR) is 93.3 cm³/mol. The second-order valence-corrected chi connectivity index (χ2v) is 8.75. The normalized spacial score (nSPS) is 25.2. The molecule has 2 bridgehead atoms. The number of urea groups is 1. The first-order chi connectivity index (χ1) is 11.7. The molecule has 0 aliphatic heterocycles. The van der Waals surface area contributed by atoms with Crippen LogP contribution < -0.4 is 21.1 Å². The number of nitrogen functional groups attached to an aromatic ring is 1. The summed E-state index contributed by atoms with van der Waals surface area (Å²) in [6.07, 6.45) is 5.66. The summed E-state index contributed by atoms with van der Waals surface area (Å²) in [6.45, 7) is 3.47. The summed E-state index contributed by atoms with van der Waals surface area (Å²) >= 11 is 0. The van der Waals surface area contributed by atoms with Gasteiger partial charge in [-0.1, -0.05) is 6.42 Å². The molecule has 2 aliphatic rings. The van der Waals surface area contributed by atoms with Crippen molar-refractivity contribution < 1.29 is 13.2 Å². The smallest absolute Gasteiger partial charge is 0.328 e. The number of nitrogens with two attached hydrogens (primary N) is 1. The highest BCUT2D eigenvalue weighted by Gasteiger charge is 2.40. The molecule has 9 nitrogen and oxygen atoms in total. The van der Waals surface area contributed by atoms with E-state index in [2.05, 4.69) is 20.6 Å². The van der Waals surface area contributed by atoms with E-state index >= 15 is 0 Å². The Labute approximate surface area is 147 Å². The number of carbonyl (C=O) groups is 1. The van der Waals surface area contributed by atoms with Crippen molar-refractivity contribution in [3.05, 3.63) is 6.20 Å². The van der Waals surface area contributed by atoms with Crippen LogP contribution in [0.5, 0.6) is 0 Å². The molecule has 10 heteroatoms. The molecule has 5 N–H and O–H groups in total. The Kier molecular flexibility index (Phi) is 4.72. The fraction of sp³-hybridized carbons (Fsp3) is 0.667. The first-order valence-electron chi connectivity index (χ1n) is 8.47. The van der Waals surface area contributed by atoms with E-state index in [9.17, 15) is 13.2 Å². The molecule has 1 aromatic heterocycles. The second kappa shape index (κ2) is 6.66. The molecule has 2 saturated carbocycles. The molecule has 3 atom stereocenters. The molecule has 2 fully saturated rings. The van der Waals surface area contributed by atoms with E-state index in [4.69, 9.17) is 5.73 Å². The van der Waals surface area contributed by atoms with E-state index in [1.54, 1.807) is 13.8 Å². The van der Waals surface area contributed by atoms with Gasteiger partial charge < -0.3 is 16.4 Å². The Morgan fingerprint density at radius 3 is 2.68 bits per heavy atom. The van der Waals surface area contributed by atoms with Crippen molar-refractivity contribution in [3.63, 3.8) is 0 Å². The molecule has 3 rings (SSSR count). The second-order valence-electron chi connectivity index (χ2n) is 7.10. The van der Waals surface area contributed by atoms with Crippen LogP contribution in [0.25, 0.3) is 0 Å². The number of hydrogen-bond acceptors (Lipinski definition) is 7. The van der Waals surface area contributed by atoms with Crippen LogP contribution >= 0.6 is 0 Å². The van der Waals surface area contributed by atoms with Crippen molar-refractivity contribution in [3.8, 4) is 0 Å². The third-order valence-corrected chi connectivity index (χ3v) is 6.10. The Morgan fingerprint density at radius 2 is 2.08 bits per heavy atom. The Hall–Kier alpha value is -2.10. The highest BCUT2D eigenvalue weighted by Crippen LogP contribution is 2.45. The molecular formula is C15H24N6O3S. The zero-order valence-electron chi connectivity index (χ0n) is 14.3. The number of hydrogen-bond donors (Lipinski definition) is 4. The Bertz CT molecular complexity index is 767. The standard InChI is InChI=1S/C15H24N6O3S/c1-8(2)18-15(22)21-25(23,24)12-7-17-14(16)20-13(12)19-11-6-9-3-4-10(11)5-9/h7-11H,3-6H2,1-2H3,(H2,18,21,22)(H3,16,17,19,20)/t9-,10-,11+/m1/s1. The molecular weight excluding hydrogens is 344 g/mol. The molecule has 0 aromatic carbocycles. The van der Waals surface area contributed by atoms with E-state index < -0.39 is 16.1 Å². The number of amides is 2. The molecule has 1 aromatic rings. The van der Waals surface area contributed by atoms with Gasteiger partial charge in [-0.25, -0.2) is 22.9 Å². The number of nitrogens with one attached hydrogen (secondary N) is 3. The molecule has 0 spiro atoms. The van der Waals surface area contributed by atoms with Crippen LogP contribution in [-0.4, -0.2) is 36.5 Å². The molecule has 25 heavy (non-hydrogen) atoms. The van der Waals surface area contributed by atoms with Crippen LogP contribution in [0.4, 0.5) is 16.6 Å². The molecule has 0 radical (unpaired) electrons. The molecule has 2 amide bonds. The first kappa shape index (κ1) is 17.7. The lowest BCUT2D eigenvalue weighted by atomic mass is 9.95. The largest absolute Gasteiger partial charge is 0.368 e. The lowest BCUT2D eigenvalue weighted by molar-refractivity contribution is 0.243. The van der Waals surface area contributed by atoms with Gasteiger partial charge in [0.05, 0.1) is 6.20 Å². The van der Waals surface area contributed by atoms with Crippen LogP contribution in [0.1, 0.15) is 39.5 Å². The summed E-state index contributed by atoms with van der Waals surface area (Å²) in [4.78, 5) is 19.4. The third-order valence-electron chi connectivity index (χ3n) is 4.77. The maximum atomic E-state index is 12.6. The summed E-state index contributed by atoms with van der Waals surface area (Å²) in [5.41, 5.74) is 5.63. The van der Waals surface area contributed by atoms with Crippen molar-refractivity contribution in [2.45, 2.75) is 56.5 Å². The van der Waals surface area contributed by atoms with Crippen molar-refractivity contribution >= 4 is 27.8 Å². The Balaban J connectivity index is 1.82. The van der Waals surface area contributed by atoms with Crippen LogP contribution in [0.15, 0.2) is 11.1 Å². The average molecular weight is 368 g/mol.